The smallest absolute Gasteiger partial charge is 0.522 e. The van der Waals surface area contributed by atoms with Crippen LogP contribution in [0.1, 0.15) is 21.5 Å². The topological polar surface area (TPSA) is 87.0 Å². The van der Waals surface area contributed by atoms with Crippen LogP contribution < -0.4 is 4.65 Å². The van der Waals surface area contributed by atoms with Crippen molar-refractivity contribution in [2.45, 2.75) is 12.7 Å². The summed E-state index contributed by atoms with van der Waals surface area (Å²) < 4.78 is 5.14. The van der Waals surface area contributed by atoms with Crippen LogP contribution in [0.15, 0.2) is 18.7 Å². The molecule has 0 unspecified atom stereocenters. The van der Waals surface area contributed by atoms with Crippen LogP contribution in [0.3, 0.4) is 0 Å². The Kier molecular flexibility index (Phi) is 2.81. The third-order valence-electron chi connectivity index (χ3n) is 2.68. The van der Waals surface area contributed by atoms with Gasteiger partial charge in [0.25, 0.3) is 0 Å². The van der Waals surface area contributed by atoms with Gasteiger partial charge in [-0.2, -0.15) is 0 Å². The number of benzene rings is 1. The van der Waals surface area contributed by atoms with Gasteiger partial charge in [0.2, 0.25) is 0 Å². The third kappa shape index (κ3) is 1.99. The van der Waals surface area contributed by atoms with E-state index in [1.54, 1.807) is 6.07 Å². The van der Waals surface area contributed by atoms with Crippen LogP contribution in [0, 0.1) is 0 Å². The fourth-order valence-corrected chi connectivity index (χ4v) is 1.88. The van der Waals surface area contributed by atoms with Gasteiger partial charge in [-0.1, -0.05) is 12.6 Å². The average molecular weight is 234 g/mol. The van der Waals surface area contributed by atoms with Crippen molar-refractivity contribution in [3.8, 4) is 5.75 Å². The van der Waals surface area contributed by atoms with Crippen LogP contribution in [0.2, 0.25) is 6.32 Å². The molecule has 1 heterocycles. The van der Waals surface area contributed by atoms with E-state index in [2.05, 4.69) is 6.58 Å². The lowest BCUT2D eigenvalue weighted by molar-refractivity contribution is 0.0693. The first-order valence-electron chi connectivity index (χ1n) is 5.13. The van der Waals surface area contributed by atoms with Crippen LogP contribution in [-0.2, 0) is 6.42 Å². The summed E-state index contributed by atoms with van der Waals surface area (Å²) in [5.74, 6) is -1.45. The van der Waals surface area contributed by atoms with Gasteiger partial charge in [-0.05, 0) is 24.4 Å². The molecule has 1 aromatic carbocycles. The number of aromatic carboxylic acids is 1. The summed E-state index contributed by atoms with van der Waals surface area (Å²) in [6.45, 7) is 3.31. The molecule has 88 valence electrons. The van der Waals surface area contributed by atoms with Crippen molar-refractivity contribution in [1.82, 2.24) is 0 Å². The summed E-state index contributed by atoms with van der Waals surface area (Å²) in [6, 6.07) is 3.16. The van der Waals surface area contributed by atoms with E-state index in [1.165, 1.54) is 6.07 Å². The molecule has 5 nitrogen and oxygen atoms in total. The first-order chi connectivity index (χ1) is 8.00. The van der Waals surface area contributed by atoms with Gasteiger partial charge in [-0.15, -0.1) is 0 Å². The number of aliphatic hydroxyl groups excluding tert-OH is 1. The van der Waals surface area contributed by atoms with Crippen LogP contribution in [-0.4, -0.2) is 28.3 Å². The molecule has 0 amide bonds. The molecule has 0 aromatic heterocycles. The zero-order chi connectivity index (χ0) is 12.6. The molecule has 1 aliphatic rings. The number of rotatable bonds is 2. The fourth-order valence-electron chi connectivity index (χ4n) is 1.88. The summed E-state index contributed by atoms with van der Waals surface area (Å²) >= 11 is 0. The van der Waals surface area contributed by atoms with E-state index < -0.39 is 13.1 Å². The van der Waals surface area contributed by atoms with Gasteiger partial charge in [0, 0.05) is 5.56 Å². The quantitative estimate of drug-likeness (QED) is 0.530. The van der Waals surface area contributed by atoms with Gasteiger partial charge >= 0.3 is 13.1 Å². The number of hydrogen-bond donors (Lipinski definition) is 3. The van der Waals surface area contributed by atoms with E-state index >= 15 is 0 Å². The van der Waals surface area contributed by atoms with Gasteiger partial charge in [-0.25, -0.2) is 4.79 Å². The van der Waals surface area contributed by atoms with Gasteiger partial charge in [0.05, 0.1) is 0 Å². The minimum Gasteiger partial charge on any atom is -0.535 e. The molecule has 0 saturated heterocycles. The van der Waals surface area contributed by atoms with E-state index in [4.69, 9.17) is 9.76 Å². The molecule has 0 aliphatic carbocycles. The first-order valence-corrected chi connectivity index (χ1v) is 5.13. The lowest BCUT2D eigenvalue weighted by atomic mass is 9.78. The van der Waals surface area contributed by atoms with E-state index in [9.17, 15) is 14.9 Å². The van der Waals surface area contributed by atoms with Crippen LogP contribution in [0.25, 0.3) is 5.76 Å². The van der Waals surface area contributed by atoms with Crippen LogP contribution in [0.4, 0.5) is 0 Å². The molecule has 3 N–H and O–H groups in total. The van der Waals surface area contributed by atoms with Crippen molar-refractivity contribution in [3.05, 3.63) is 35.4 Å². The maximum absolute atomic E-state index is 11.2. The second-order valence-corrected chi connectivity index (χ2v) is 3.84. The molecule has 0 spiro atoms. The summed E-state index contributed by atoms with van der Waals surface area (Å²) in [4.78, 5) is 11.2. The molecule has 6 heteroatoms. The minimum absolute atomic E-state index is 0.102. The zero-order valence-electron chi connectivity index (χ0n) is 9.01. The van der Waals surface area contributed by atoms with Crippen LogP contribution in [0.5, 0.6) is 5.75 Å². The monoisotopic (exact) mass is 234 g/mol. The van der Waals surface area contributed by atoms with Crippen molar-refractivity contribution >= 4 is 18.8 Å². The number of carbonyl (C=O) groups is 1. The fraction of sp³-hybridized carbons (Fsp3) is 0.182. The molecule has 0 bridgehead atoms. The van der Waals surface area contributed by atoms with Gasteiger partial charge in [0.1, 0.15) is 17.1 Å². The predicted molar refractivity (Wildman–Crippen MR) is 62.2 cm³/mol. The molecule has 1 aliphatic heterocycles. The molecule has 1 aromatic rings. The molecule has 0 radical (unpaired) electrons. The lowest BCUT2D eigenvalue weighted by Crippen LogP contribution is -2.28. The maximum Gasteiger partial charge on any atom is 0.522 e. The van der Waals surface area contributed by atoms with Crippen molar-refractivity contribution in [3.63, 3.8) is 0 Å². The summed E-state index contributed by atoms with van der Waals surface area (Å²) in [7, 11) is -1.01. The number of hydrogen-bond acceptors (Lipinski definition) is 4. The summed E-state index contributed by atoms with van der Waals surface area (Å²) in [6.07, 6.45) is 0.959. The highest BCUT2D eigenvalue weighted by molar-refractivity contribution is 6.44. The Morgan fingerprint density at radius 3 is 2.71 bits per heavy atom. The number of aryl methyl sites for hydroxylation is 1. The highest BCUT2D eigenvalue weighted by Gasteiger charge is 2.29. The van der Waals surface area contributed by atoms with E-state index in [0.29, 0.717) is 18.3 Å². The normalized spacial score (nSPS) is 13.8. The Bertz CT molecular complexity index is 497. The van der Waals surface area contributed by atoms with Crippen molar-refractivity contribution in [1.29, 1.82) is 0 Å². The largest absolute Gasteiger partial charge is 0.535 e. The van der Waals surface area contributed by atoms with E-state index in [-0.39, 0.29) is 22.6 Å². The Hall–Kier alpha value is -1.95. The third-order valence-corrected chi connectivity index (χ3v) is 2.68. The lowest BCUT2D eigenvalue weighted by Gasteiger charge is -2.22. The van der Waals surface area contributed by atoms with Gasteiger partial charge in [-0.3, -0.25) is 0 Å². The molecular formula is C11H11BO5. The Morgan fingerprint density at radius 2 is 2.12 bits per heavy atom. The number of fused-ring (bicyclic) bond motifs is 1. The molecule has 0 atom stereocenters. The number of carboxylic acid groups (broad SMARTS) is 1. The molecule has 2 rings (SSSR count). The summed E-state index contributed by atoms with van der Waals surface area (Å²) in [5, 5.41) is 27.9. The van der Waals surface area contributed by atoms with Crippen molar-refractivity contribution in [2.75, 3.05) is 0 Å². The van der Waals surface area contributed by atoms with Gasteiger partial charge in [0.15, 0.2) is 0 Å². The molecular weight excluding hydrogens is 223 g/mol. The Labute approximate surface area is 98.1 Å². The average Bonchev–Trinajstić information content (AvgIpc) is 2.26. The SMILES string of the molecule is C=C(O)c1ccc2c(c1C(=O)O)OB(O)CC2. The second kappa shape index (κ2) is 4.14. The molecule has 0 saturated carbocycles. The maximum atomic E-state index is 11.2. The first kappa shape index (κ1) is 11.5. The van der Waals surface area contributed by atoms with Gasteiger partial charge < -0.3 is 19.9 Å². The minimum atomic E-state index is -1.22. The Morgan fingerprint density at radius 1 is 1.41 bits per heavy atom. The van der Waals surface area contributed by atoms with Crippen molar-refractivity contribution < 1.29 is 24.7 Å². The molecule has 17 heavy (non-hydrogen) atoms. The molecule has 0 fully saturated rings. The predicted octanol–water partition coefficient (Wildman–Crippen LogP) is 1.33. The Balaban J connectivity index is 2.64. The highest BCUT2D eigenvalue weighted by Crippen LogP contribution is 2.34. The van der Waals surface area contributed by atoms with E-state index in [1.807, 2.05) is 0 Å². The zero-order valence-corrected chi connectivity index (χ0v) is 9.01. The van der Waals surface area contributed by atoms with Crippen molar-refractivity contribution in [2.24, 2.45) is 0 Å². The highest BCUT2D eigenvalue weighted by atomic mass is 16.5. The van der Waals surface area contributed by atoms with Crippen LogP contribution >= 0.6 is 0 Å². The summed E-state index contributed by atoms with van der Waals surface area (Å²) in [5.41, 5.74) is 0.650. The standard InChI is InChI=1S/C11H11BO5/c1-6(13)8-3-2-7-4-5-12(16)17-10(7)9(8)11(14)15/h2-3,13,16H,1,4-5H2,(H,14,15). The number of aliphatic hydroxyl groups is 1. The number of carboxylic acids is 1. The van der Waals surface area contributed by atoms with E-state index in [0.717, 1.165) is 0 Å². The second-order valence-electron chi connectivity index (χ2n) is 3.84.